The summed E-state index contributed by atoms with van der Waals surface area (Å²) in [6.45, 7) is 2.54. The number of benzene rings is 1. The Kier molecular flexibility index (Phi) is 3.34. The lowest BCUT2D eigenvalue weighted by Gasteiger charge is -2.06. The van der Waals surface area contributed by atoms with E-state index in [1.54, 1.807) is 6.21 Å². The minimum Gasteiger partial charge on any atom is -0.465 e. The summed E-state index contributed by atoms with van der Waals surface area (Å²) in [7, 11) is 0. The summed E-state index contributed by atoms with van der Waals surface area (Å²) in [5.41, 5.74) is 1.16. The number of hydrogen-bond donors (Lipinski definition) is 0. The van der Waals surface area contributed by atoms with Crippen molar-refractivity contribution in [3.05, 3.63) is 35.9 Å². The van der Waals surface area contributed by atoms with E-state index in [1.165, 1.54) is 0 Å². The van der Waals surface area contributed by atoms with Crippen molar-refractivity contribution in [3.8, 4) is 0 Å². The molecule has 2 atom stereocenters. The Morgan fingerprint density at radius 2 is 2.19 bits per heavy atom. The van der Waals surface area contributed by atoms with Crippen LogP contribution in [0.2, 0.25) is 0 Å². The average molecular weight is 217 g/mol. The van der Waals surface area contributed by atoms with E-state index in [0.717, 1.165) is 12.0 Å². The minimum atomic E-state index is -0.149. The summed E-state index contributed by atoms with van der Waals surface area (Å²) in [6, 6.07) is 10.1. The van der Waals surface area contributed by atoms with Gasteiger partial charge in [-0.3, -0.25) is 9.79 Å². The van der Waals surface area contributed by atoms with Crippen molar-refractivity contribution in [1.82, 2.24) is 0 Å². The molecule has 1 heterocycles. The van der Waals surface area contributed by atoms with Gasteiger partial charge in [-0.25, -0.2) is 0 Å². The van der Waals surface area contributed by atoms with Gasteiger partial charge in [0.15, 0.2) is 0 Å². The first-order chi connectivity index (χ1) is 7.77. The van der Waals surface area contributed by atoms with Gasteiger partial charge in [0, 0.05) is 6.21 Å². The Bertz CT molecular complexity index is 386. The van der Waals surface area contributed by atoms with E-state index in [1.807, 2.05) is 37.3 Å². The van der Waals surface area contributed by atoms with E-state index in [9.17, 15) is 4.79 Å². The van der Waals surface area contributed by atoms with Crippen LogP contribution in [-0.2, 0) is 9.53 Å². The van der Waals surface area contributed by atoms with Crippen LogP contribution in [0.5, 0.6) is 0 Å². The Labute approximate surface area is 95.2 Å². The van der Waals surface area contributed by atoms with Crippen LogP contribution < -0.4 is 0 Å². The minimum absolute atomic E-state index is 0.0922. The summed E-state index contributed by atoms with van der Waals surface area (Å²) < 4.78 is 4.87. The SMILES string of the molecule is C[C@H](N=CC1CCOC1=O)c1ccccc1. The van der Waals surface area contributed by atoms with Crippen LogP contribution in [0.3, 0.4) is 0 Å². The summed E-state index contributed by atoms with van der Waals surface area (Å²) in [5, 5.41) is 0. The fourth-order valence-electron chi connectivity index (χ4n) is 1.70. The first kappa shape index (κ1) is 10.9. The molecule has 0 amide bonds. The fourth-order valence-corrected chi connectivity index (χ4v) is 1.70. The van der Waals surface area contributed by atoms with Crippen LogP contribution in [-0.4, -0.2) is 18.8 Å². The molecule has 3 heteroatoms. The van der Waals surface area contributed by atoms with E-state index >= 15 is 0 Å². The zero-order valence-corrected chi connectivity index (χ0v) is 9.30. The number of nitrogens with zero attached hydrogens (tertiary/aromatic N) is 1. The molecule has 84 valence electrons. The van der Waals surface area contributed by atoms with Gasteiger partial charge < -0.3 is 4.74 Å². The van der Waals surface area contributed by atoms with Gasteiger partial charge in [-0.05, 0) is 18.9 Å². The van der Waals surface area contributed by atoms with E-state index in [-0.39, 0.29) is 17.9 Å². The molecular weight excluding hydrogens is 202 g/mol. The second kappa shape index (κ2) is 4.92. The van der Waals surface area contributed by atoms with Gasteiger partial charge >= 0.3 is 5.97 Å². The predicted octanol–water partition coefficient (Wildman–Crippen LogP) is 2.38. The van der Waals surface area contributed by atoms with Crippen LogP contribution in [0.1, 0.15) is 24.9 Å². The molecule has 0 aromatic heterocycles. The van der Waals surface area contributed by atoms with Crippen molar-refractivity contribution < 1.29 is 9.53 Å². The quantitative estimate of drug-likeness (QED) is 0.576. The number of hydrogen-bond acceptors (Lipinski definition) is 3. The Balaban J connectivity index is 1.99. The molecule has 1 aromatic rings. The molecule has 0 bridgehead atoms. The number of rotatable bonds is 3. The van der Waals surface area contributed by atoms with Crippen LogP contribution in [0.25, 0.3) is 0 Å². The van der Waals surface area contributed by atoms with Crippen molar-refractivity contribution in [2.75, 3.05) is 6.61 Å². The molecule has 0 saturated carbocycles. The third-order valence-corrected chi connectivity index (χ3v) is 2.75. The van der Waals surface area contributed by atoms with Gasteiger partial charge in [0.1, 0.15) is 0 Å². The van der Waals surface area contributed by atoms with E-state index < -0.39 is 0 Å². The molecule has 1 saturated heterocycles. The molecule has 1 fully saturated rings. The molecule has 0 aliphatic carbocycles. The highest BCUT2D eigenvalue weighted by molar-refractivity contribution is 5.91. The molecule has 2 rings (SSSR count). The van der Waals surface area contributed by atoms with Gasteiger partial charge in [0.25, 0.3) is 0 Å². The second-order valence-corrected chi connectivity index (χ2v) is 3.95. The van der Waals surface area contributed by atoms with E-state index in [0.29, 0.717) is 6.61 Å². The third-order valence-electron chi connectivity index (χ3n) is 2.75. The standard InChI is InChI=1S/C13H15NO2/c1-10(11-5-3-2-4-6-11)14-9-12-7-8-16-13(12)15/h2-6,9-10,12H,7-8H2,1H3/t10-,12?/m0/s1. The molecule has 1 aromatic carbocycles. The van der Waals surface area contributed by atoms with Crippen LogP contribution in [0.4, 0.5) is 0 Å². The number of esters is 1. The molecule has 16 heavy (non-hydrogen) atoms. The maximum atomic E-state index is 11.2. The summed E-state index contributed by atoms with van der Waals surface area (Å²) >= 11 is 0. The first-order valence-corrected chi connectivity index (χ1v) is 5.52. The largest absolute Gasteiger partial charge is 0.465 e. The molecular formula is C13H15NO2. The maximum Gasteiger partial charge on any atom is 0.314 e. The van der Waals surface area contributed by atoms with Crippen LogP contribution in [0.15, 0.2) is 35.3 Å². The lowest BCUT2D eigenvalue weighted by molar-refractivity contribution is -0.139. The lowest BCUT2D eigenvalue weighted by atomic mass is 10.1. The predicted molar refractivity (Wildman–Crippen MR) is 62.4 cm³/mol. The van der Waals surface area contributed by atoms with Gasteiger partial charge in [-0.15, -0.1) is 0 Å². The normalized spacial score (nSPS) is 22.3. The molecule has 0 radical (unpaired) electrons. The van der Waals surface area contributed by atoms with Crippen molar-refractivity contribution in [3.63, 3.8) is 0 Å². The van der Waals surface area contributed by atoms with Crippen molar-refractivity contribution in [2.24, 2.45) is 10.9 Å². The molecule has 1 unspecified atom stereocenters. The zero-order valence-electron chi connectivity index (χ0n) is 9.30. The van der Waals surface area contributed by atoms with Gasteiger partial charge in [0.05, 0.1) is 18.6 Å². The zero-order chi connectivity index (χ0) is 11.4. The fraction of sp³-hybridized carbons (Fsp3) is 0.385. The van der Waals surface area contributed by atoms with Crippen molar-refractivity contribution in [1.29, 1.82) is 0 Å². The topological polar surface area (TPSA) is 38.7 Å². The van der Waals surface area contributed by atoms with Gasteiger partial charge in [-0.1, -0.05) is 30.3 Å². The van der Waals surface area contributed by atoms with Crippen molar-refractivity contribution in [2.45, 2.75) is 19.4 Å². The third kappa shape index (κ3) is 2.48. The smallest absolute Gasteiger partial charge is 0.314 e. The highest BCUT2D eigenvalue weighted by Crippen LogP contribution is 2.18. The summed E-state index contributed by atoms with van der Waals surface area (Å²) in [6.07, 6.45) is 2.48. The van der Waals surface area contributed by atoms with E-state index in [4.69, 9.17) is 4.74 Å². The second-order valence-electron chi connectivity index (χ2n) is 3.95. The lowest BCUT2D eigenvalue weighted by Crippen LogP contribution is -2.09. The summed E-state index contributed by atoms with van der Waals surface area (Å²) in [4.78, 5) is 15.6. The van der Waals surface area contributed by atoms with Gasteiger partial charge in [0.2, 0.25) is 0 Å². The Hall–Kier alpha value is -1.64. The number of carbonyl (C=O) groups is 1. The molecule has 3 nitrogen and oxygen atoms in total. The number of aliphatic imine (C=N–C) groups is 1. The highest BCUT2D eigenvalue weighted by atomic mass is 16.5. The molecule has 1 aliphatic heterocycles. The van der Waals surface area contributed by atoms with Crippen LogP contribution in [0, 0.1) is 5.92 Å². The first-order valence-electron chi connectivity index (χ1n) is 5.52. The van der Waals surface area contributed by atoms with E-state index in [2.05, 4.69) is 4.99 Å². The van der Waals surface area contributed by atoms with Crippen LogP contribution >= 0.6 is 0 Å². The average Bonchev–Trinajstić information content (AvgIpc) is 2.73. The maximum absolute atomic E-state index is 11.2. The number of ether oxygens (including phenoxy) is 1. The van der Waals surface area contributed by atoms with Gasteiger partial charge in [-0.2, -0.15) is 0 Å². The Morgan fingerprint density at radius 3 is 2.81 bits per heavy atom. The molecule has 0 spiro atoms. The monoisotopic (exact) mass is 217 g/mol. The summed E-state index contributed by atoms with van der Waals surface area (Å²) in [5.74, 6) is -0.296. The van der Waals surface area contributed by atoms with Crippen molar-refractivity contribution >= 4 is 12.2 Å². The number of carbonyl (C=O) groups excluding carboxylic acids is 1. The number of cyclic esters (lactones) is 1. The highest BCUT2D eigenvalue weighted by Gasteiger charge is 2.24. The molecule has 1 aliphatic rings. The Morgan fingerprint density at radius 1 is 1.44 bits per heavy atom. The molecule has 0 N–H and O–H groups in total.